The Hall–Kier alpha value is -3.00. The van der Waals surface area contributed by atoms with Gasteiger partial charge in [-0.2, -0.15) is 0 Å². The fraction of sp³-hybridized carbons (Fsp3) is 0.250. The van der Waals surface area contributed by atoms with Crippen LogP contribution in [0.3, 0.4) is 0 Å². The number of imide groups is 2. The van der Waals surface area contributed by atoms with E-state index in [9.17, 15) is 19.2 Å². The summed E-state index contributed by atoms with van der Waals surface area (Å²) in [7, 11) is 0. The van der Waals surface area contributed by atoms with Crippen molar-refractivity contribution in [3.63, 3.8) is 0 Å². The molecule has 1 heterocycles. The molecule has 1 N–H and O–H groups in total. The maximum atomic E-state index is 12.3. The average molecular weight is 332 g/mol. The van der Waals surface area contributed by atoms with Gasteiger partial charge in [-0.3, -0.25) is 19.7 Å². The van der Waals surface area contributed by atoms with Crippen LogP contribution in [0, 0.1) is 0 Å². The van der Waals surface area contributed by atoms with Crippen LogP contribution < -0.4 is 5.32 Å². The minimum atomic E-state index is -0.859. The number of rotatable bonds is 6. The fourth-order valence-electron chi connectivity index (χ4n) is 1.93. The van der Waals surface area contributed by atoms with Gasteiger partial charge in [0.1, 0.15) is 18.9 Å². The zero-order valence-electron chi connectivity index (χ0n) is 13.0. The Morgan fingerprint density at radius 1 is 1.17 bits per heavy atom. The molecule has 0 radical (unpaired) electrons. The standard InChI is InChI=1S/C16H16N2O6/c1-11(19)24-8-7-23-10-18-15(21)13(14(20)17-16(18)22)9-12-5-3-2-4-6-12/h2-6,9H,7-8,10H2,1H3,(H,17,20,22). The molecule has 0 aromatic heterocycles. The lowest BCUT2D eigenvalue weighted by Crippen LogP contribution is -2.54. The zero-order valence-corrected chi connectivity index (χ0v) is 13.0. The first-order valence-corrected chi connectivity index (χ1v) is 7.14. The molecule has 1 aliphatic rings. The number of hydrogen-bond acceptors (Lipinski definition) is 6. The molecular weight excluding hydrogens is 316 g/mol. The third kappa shape index (κ3) is 4.50. The predicted molar refractivity (Wildman–Crippen MR) is 82.3 cm³/mol. The van der Waals surface area contributed by atoms with Crippen molar-refractivity contribution in [1.82, 2.24) is 10.2 Å². The molecule has 1 aromatic rings. The largest absolute Gasteiger partial charge is 0.463 e. The summed E-state index contributed by atoms with van der Waals surface area (Å²) in [5.41, 5.74) is 0.491. The van der Waals surface area contributed by atoms with Gasteiger partial charge < -0.3 is 9.47 Å². The van der Waals surface area contributed by atoms with E-state index < -0.39 is 23.8 Å². The molecular formula is C16H16N2O6. The molecule has 126 valence electrons. The van der Waals surface area contributed by atoms with Gasteiger partial charge in [-0.1, -0.05) is 30.3 Å². The van der Waals surface area contributed by atoms with Crippen LogP contribution >= 0.6 is 0 Å². The van der Waals surface area contributed by atoms with Crippen LogP contribution in [0.4, 0.5) is 4.79 Å². The Morgan fingerprint density at radius 3 is 2.54 bits per heavy atom. The highest BCUT2D eigenvalue weighted by atomic mass is 16.6. The van der Waals surface area contributed by atoms with Gasteiger partial charge in [-0.05, 0) is 11.6 Å². The molecule has 24 heavy (non-hydrogen) atoms. The summed E-state index contributed by atoms with van der Waals surface area (Å²) in [5, 5.41) is 2.08. The maximum absolute atomic E-state index is 12.3. The number of nitrogens with zero attached hydrogens (tertiary/aromatic N) is 1. The number of carbonyl (C=O) groups is 4. The molecule has 0 atom stereocenters. The second kappa shape index (κ2) is 8.02. The minimum absolute atomic E-state index is 0.00459. The normalized spacial score (nSPS) is 16.3. The van der Waals surface area contributed by atoms with Crippen LogP contribution in [0.2, 0.25) is 0 Å². The van der Waals surface area contributed by atoms with Crippen LogP contribution in [0.25, 0.3) is 6.08 Å². The van der Waals surface area contributed by atoms with E-state index in [0.29, 0.717) is 5.56 Å². The van der Waals surface area contributed by atoms with E-state index >= 15 is 0 Å². The highest BCUT2D eigenvalue weighted by Gasteiger charge is 2.35. The van der Waals surface area contributed by atoms with Crippen LogP contribution in [0.1, 0.15) is 12.5 Å². The van der Waals surface area contributed by atoms with E-state index in [2.05, 4.69) is 10.1 Å². The third-order valence-corrected chi connectivity index (χ3v) is 3.05. The number of benzene rings is 1. The van der Waals surface area contributed by atoms with Crippen molar-refractivity contribution in [3.05, 3.63) is 41.5 Å². The van der Waals surface area contributed by atoms with Gasteiger partial charge in [0.05, 0.1) is 6.61 Å². The van der Waals surface area contributed by atoms with Gasteiger partial charge in [0.2, 0.25) is 0 Å². The quantitative estimate of drug-likeness (QED) is 0.356. The van der Waals surface area contributed by atoms with E-state index in [1.54, 1.807) is 30.3 Å². The molecule has 0 bridgehead atoms. The lowest BCUT2D eigenvalue weighted by atomic mass is 10.1. The molecule has 0 saturated carbocycles. The van der Waals surface area contributed by atoms with Crippen LogP contribution in [0.5, 0.6) is 0 Å². The molecule has 0 aliphatic carbocycles. The summed E-state index contributed by atoms with van der Waals surface area (Å²) in [6.07, 6.45) is 1.40. The molecule has 2 rings (SSSR count). The van der Waals surface area contributed by atoms with Crippen molar-refractivity contribution < 1.29 is 28.7 Å². The number of nitrogens with one attached hydrogen (secondary N) is 1. The van der Waals surface area contributed by atoms with Crippen molar-refractivity contribution >= 4 is 29.9 Å². The molecule has 1 aliphatic heterocycles. The highest BCUT2D eigenvalue weighted by Crippen LogP contribution is 2.14. The Morgan fingerprint density at radius 2 is 1.88 bits per heavy atom. The fourth-order valence-corrected chi connectivity index (χ4v) is 1.93. The van der Waals surface area contributed by atoms with Crippen molar-refractivity contribution in [2.75, 3.05) is 19.9 Å². The van der Waals surface area contributed by atoms with E-state index in [-0.39, 0.29) is 25.5 Å². The van der Waals surface area contributed by atoms with Gasteiger partial charge in [-0.25, -0.2) is 9.69 Å². The third-order valence-electron chi connectivity index (χ3n) is 3.05. The number of esters is 1. The second-order valence-electron chi connectivity index (χ2n) is 4.84. The zero-order chi connectivity index (χ0) is 17.5. The minimum Gasteiger partial charge on any atom is -0.463 e. The summed E-state index contributed by atoms with van der Waals surface area (Å²) in [4.78, 5) is 47.4. The Bertz CT molecular complexity index is 683. The van der Waals surface area contributed by atoms with Crippen LogP contribution in [-0.4, -0.2) is 48.7 Å². The van der Waals surface area contributed by atoms with Crippen LogP contribution in [0.15, 0.2) is 35.9 Å². The van der Waals surface area contributed by atoms with Crippen molar-refractivity contribution in [2.45, 2.75) is 6.92 Å². The molecule has 1 fully saturated rings. The second-order valence-corrected chi connectivity index (χ2v) is 4.84. The number of ether oxygens (including phenoxy) is 2. The average Bonchev–Trinajstić information content (AvgIpc) is 2.54. The topological polar surface area (TPSA) is 102 Å². The molecule has 1 saturated heterocycles. The van der Waals surface area contributed by atoms with E-state index in [4.69, 9.17) is 4.74 Å². The van der Waals surface area contributed by atoms with Crippen molar-refractivity contribution in [1.29, 1.82) is 0 Å². The monoisotopic (exact) mass is 332 g/mol. The smallest absolute Gasteiger partial charge is 0.333 e. The number of barbiturate groups is 1. The summed E-state index contributed by atoms with van der Waals surface area (Å²) in [5.74, 6) is -1.96. The molecule has 8 nitrogen and oxygen atoms in total. The molecule has 8 heteroatoms. The van der Waals surface area contributed by atoms with Crippen molar-refractivity contribution in [2.24, 2.45) is 0 Å². The first-order valence-electron chi connectivity index (χ1n) is 7.14. The number of urea groups is 1. The Balaban J connectivity index is 2.03. The number of hydrogen-bond donors (Lipinski definition) is 1. The Labute approximate surface area is 138 Å². The summed E-state index contributed by atoms with van der Waals surface area (Å²) in [6.45, 7) is 0.923. The van der Waals surface area contributed by atoms with E-state index in [0.717, 1.165) is 4.90 Å². The van der Waals surface area contributed by atoms with Gasteiger partial charge in [0.15, 0.2) is 0 Å². The lowest BCUT2D eigenvalue weighted by molar-refractivity contribution is -0.144. The summed E-state index contributed by atoms with van der Waals surface area (Å²) < 4.78 is 9.80. The lowest BCUT2D eigenvalue weighted by Gasteiger charge is -2.26. The summed E-state index contributed by atoms with van der Waals surface area (Å²) in [6, 6.07) is 7.92. The summed E-state index contributed by atoms with van der Waals surface area (Å²) >= 11 is 0. The van der Waals surface area contributed by atoms with E-state index in [1.807, 2.05) is 0 Å². The first-order chi connectivity index (χ1) is 11.5. The highest BCUT2D eigenvalue weighted by molar-refractivity contribution is 6.30. The predicted octanol–water partition coefficient (Wildman–Crippen LogP) is 0.686. The van der Waals surface area contributed by atoms with Gasteiger partial charge in [0.25, 0.3) is 11.8 Å². The molecule has 1 aromatic carbocycles. The van der Waals surface area contributed by atoms with Gasteiger partial charge >= 0.3 is 12.0 Å². The molecule has 0 unspecified atom stereocenters. The van der Waals surface area contributed by atoms with Gasteiger partial charge in [0, 0.05) is 6.92 Å². The molecule has 4 amide bonds. The first kappa shape index (κ1) is 17.4. The number of carbonyl (C=O) groups excluding carboxylic acids is 4. The molecule has 0 spiro atoms. The maximum Gasteiger partial charge on any atom is 0.333 e. The van der Waals surface area contributed by atoms with Gasteiger partial charge in [-0.15, -0.1) is 0 Å². The van der Waals surface area contributed by atoms with Crippen LogP contribution in [-0.2, 0) is 23.9 Å². The SMILES string of the molecule is CC(=O)OCCOCN1C(=O)NC(=O)C(=Cc2ccccc2)C1=O. The van der Waals surface area contributed by atoms with E-state index in [1.165, 1.54) is 13.0 Å². The van der Waals surface area contributed by atoms with Crippen molar-refractivity contribution in [3.8, 4) is 0 Å². The number of amides is 4. The Kier molecular flexibility index (Phi) is 5.80.